The molecule has 2 rings (SSSR count). The summed E-state index contributed by atoms with van der Waals surface area (Å²) in [4.78, 5) is 16.2. The zero-order chi connectivity index (χ0) is 17.7. The van der Waals surface area contributed by atoms with Crippen LogP contribution >= 0.6 is 0 Å². The van der Waals surface area contributed by atoms with Crippen LogP contribution in [0.3, 0.4) is 0 Å². The van der Waals surface area contributed by atoms with E-state index in [4.69, 9.17) is 4.74 Å². The van der Waals surface area contributed by atoms with Gasteiger partial charge in [-0.05, 0) is 55.8 Å². The van der Waals surface area contributed by atoms with Gasteiger partial charge in [0.2, 0.25) is 15.9 Å². The van der Waals surface area contributed by atoms with Crippen LogP contribution in [0, 0.1) is 6.92 Å². The van der Waals surface area contributed by atoms with E-state index in [0.29, 0.717) is 11.6 Å². The average Bonchev–Trinajstić information content (AvgIpc) is 2.54. The van der Waals surface area contributed by atoms with Crippen molar-refractivity contribution in [1.82, 2.24) is 9.71 Å². The van der Waals surface area contributed by atoms with E-state index in [-0.39, 0.29) is 4.90 Å². The van der Waals surface area contributed by atoms with Crippen LogP contribution in [0.5, 0.6) is 5.75 Å². The molecule has 0 aliphatic carbocycles. The van der Waals surface area contributed by atoms with Crippen LogP contribution in [-0.2, 0) is 14.8 Å². The SMILES string of the molecule is COc1ccc(S(=O)(=O)N[C@@H](C)C(=O)Nc2cc(C)ccn2)cc1. The van der Waals surface area contributed by atoms with E-state index < -0.39 is 22.0 Å². The minimum Gasteiger partial charge on any atom is -0.497 e. The summed E-state index contributed by atoms with van der Waals surface area (Å²) in [6, 6.07) is 8.43. The molecule has 1 amide bonds. The number of sulfonamides is 1. The zero-order valence-corrected chi connectivity index (χ0v) is 14.4. The standard InChI is InChI=1S/C16H19N3O4S/c1-11-8-9-17-15(10-11)18-16(20)12(2)19-24(21,22)14-6-4-13(23-3)5-7-14/h4-10,12,19H,1-3H3,(H,17,18,20)/t12-/m0/s1. The summed E-state index contributed by atoms with van der Waals surface area (Å²) in [7, 11) is -2.32. The van der Waals surface area contributed by atoms with Gasteiger partial charge in [-0.25, -0.2) is 13.4 Å². The number of nitrogens with zero attached hydrogens (tertiary/aromatic N) is 1. The first kappa shape index (κ1) is 17.9. The molecule has 1 heterocycles. The van der Waals surface area contributed by atoms with E-state index in [1.54, 1.807) is 18.3 Å². The molecule has 0 spiro atoms. The molecule has 0 radical (unpaired) electrons. The van der Waals surface area contributed by atoms with Gasteiger partial charge >= 0.3 is 0 Å². The number of rotatable bonds is 6. The summed E-state index contributed by atoms with van der Waals surface area (Å²) in [5, 5.41) is 2.58. The van der Waals surface area contributed by atoms with Crippen LogP contribution in [0.2, 0.25) is 0 Å². The minimum absolute atomic E-state index is 0.0524. The van der Waals surface area contributed by atoms with Crippen molar-refractivity contribution < 1.29 is 17.9 Å². The Kier molecular flexibility index (Phi) is 5.53. The molecule has 2 N–H and O–H groups in total. The van der Waals surface area contributed by atoms with Crippen molar-refractivity contribution in [1.29, 1.82) is 0 Å². The minimum atomic E-state index is -3.82. The van der Waals surface area contributed by atoms with Crippen molar-refractivity contribution >= 4 is 21.7 Å². The van der Waals surface area contributed by atoms with Crippen LogP contribution < -0.4 is 14.8 Å². The van der Waals surface area contributed by atoms with Gasteiger partial charge in [-0.15, -0.1) is 0 Å². The van der Waals surface area contributed by atoms with Crippen molar-refractivity contribution in [3.8, 4) is 5.75 Å². The number of carbonyl (C=O) groups is 1. The molecule has 0 saturated heterocycles. The molecular formula is C16H19N3O4S. The molecule has 2 aromatic rings. The topological polar surface area (TPSA) is 97.4 Å². The summed E-state index contributed by atoms with van der Waals surface area (Å²) < 4.78 is 31.9. The summed E-state index contributed by atoms with van der Waals surface area (Å²) >= 11 is 0. The molecule has 8 heteroatoms. The number of methoxy groups -OCH3 is 1. The van der Waals surface area contributed by atoms with Crippen molar-refractivity contribution in [2.45, 2.75) is 24.8 Å². The highest BCUT2D eigenvalue weighted by molar-refractivity contribution is 7.89. The van der Waals surface area contributed by atoms with Gasteiger partial charge < -0.3 is 10.1 Å². The summed E-state index contributed by atoms with van der Waals surface area (Å²) in [6.45, 7) is 3.33. The Hall–Kier alpha value is -2.45. The van der Waals surface area contributed by atoms with E-state index in [1.165, 1.54) is 38.3 Å². The Morgan fingerprint density at radius 3 is 2.46 bits per heavy atom. The molecule has 1 aromatic heterocycles. The fraction of sp³-hybridized carbons (Fsp3) is 0.250. The number of benzene rings is 1. The highest BCUT2D eigenvalue weighted by atomic mass is 32.2. The Labute approximate surface area is 141 Å². The van der Waals surface area contributed by atoms with E-state index in [0.717, 1.165) is 5.56 Å². The number of hydrogen-bond donors (Lipinski definition) is 2. The fourth-order valence-electron chi connectivity index (χ4n) is 1.95. The number of hydrogen-bond acceptors (Lipinski definition) is 5. The van der Waals surface area contributed by atoms with Crippen LogP contribution in [0.25, 0.3) is 0 Å². The second-order valence-corrected chi connectivity index (χ2v) is 6.94. The molecule has 0 saturated carbocycles. The van der Waals surface area contributed by atoms with Crippen molar-refractivity contribution in [2.24, 2.45) is 0 Å². The molecule has 0 aliphatic heterocycles. The van der Waals surface area contributed by atoms with Crippen molar-refractivity contribution in [3.05, 3.63) is 48.2 Å². The van der Waals surface area contributed by atoms with E-state index in [2.05, 4.69) is 15.0 Å². The number of anilines is 1. The Morgan fingerprint density at radius 1 is 1.21 bits per heavy atom. The van der Waals surface area contributed by atoms with Gasteiger partial charge in [-0.1, -0.05) is 0 Å². The molecule has 128 valence electrons. The quantitative estimate of drug-likeness (QED) is 0.827. The number of aryl methyl sites for hydroxylation is 1. The molecule has 7 nitrogen and oxygen atoms in total. The fourth-order valence-corrected chi connectivity index (χ4v) is 3.15. The summed E-state index contributed by atoms with van der Waals surface area (Å²) in [5.41, 5.74) is 0.937. The second-order valence-electron chi connectivity index (χ2n) is 5.23. The lowest BCUT2D eigenvalue weighted by Gasteiger charge is -2.14. The maximum atomic E-state index is 12.3. The van der Waals surface area contributed by atoms with Gasteiger partial charge in [0.1, 0.15) is 11.6 Å². The van der Waals surface area contributed by atoms with Gasteiger partial charge in [-0.3, -0.25) is 4.79 Å². The van der Waals surface area contributed by atoms with Crippen molar-refractivity contribution in [3.63, 3.8) is 0 Å². The van der Waals surface area contributed by atoms with Crippen LogP contribution in [0.4, 0.5) is 5.82 Å². The van der Waals surface area contributed by atoms with E-state index in [9.17, 15) is 13.2 Å². The lowest BCUT2D eigenvalue weighted by atomic mass is 10.3. The predicted octanol–water partition coefficient (Wildman–Crippen LogP) is 1.70. The number of pyridine rings is 1. The lowest BCUT2D eigenvalue weighted by Crippen LogP contribution is -2.41. The number of carbonyl (C=O) groups excluding carboxylic acids is 1. The zero-order valence-electron chi connectivity index (χ0n) is 13.6. The maximum absolute atomic E-state index is 12.3. The highest BCUT2D eigenvalue weighted by Crippen LogP contribution is 2.15. The predicted molar refractivity (Wildman–Crippen MR) is 90.4 cm³/mol. The highest BCUT2D eigenvalue weighted by Gasteiger charge is 2.22. The van der Waals surface area contributed by atoms with Crippen molar-refractivity contribution in [2.75, 3.05) is 12.4 Å². The summed E-state index contributed by atoms with van der Waals surface area (Å²) in [6.07, 6.45) is 1.57. The van der Waals surface area contributed by atoms with Gasteiger partial charge in [-0.2, -0.15) is 4.72 Å². The molecule has 1 atom stereocenters. The summed E-state index contributed by atoms with van der Waals surface area (Å²) in [5.74, 6) is 0.422. The van der Waals surface area contributed by atoms with Gasteiger partial charge in [0, 0.05) is 6.20 Å². The van der Waals surface area contributed by atoms with E-state index in [1.807, 2.05) is 6.92 Å². The molecule has 24 heavy (non-hydrogen) atoms. The first-order valence-electron chi connectivity index (χ1n) is 7.22. The first-order chi connectivity index (χ1) is 11.3. The normalized spacial score (nSPS) is 12.5. The Bertz CT molecular complexity index is 819. The smallest absolute Gasteiger partial charge is 0.243 e. The number of aromatic nitrogens is 1. The third-order valence-electron chi connectivity index (χ3n) is 3.26. The number of nitrogens with one attached hydrogen (secondary N) is 2. The number of ether oxygens (including phenoxy) is 1. The monoisotopic (exact) mass is 349 g/mol. The molecule has 0 bridgehead atoms. The Morgan fingerprint density at radius 2 is 1.88 bits per heavy atom. The molecule has 1 aromatic carbocycles. The molecule has 0 unspecified atom stereocenters. The average molecular weight is 349 g/mol. The van der Waals surface area contributed by atoms with Gasteiger partial charge in [0.25, 0.3) is 0 Å². The van der Waals surface area contributed by atoms with Gasteiger partial charge in [0.15, 0.2) is 0 Å². The van der Waals surface area contributed by atoms with E-state index >= 15 is 0 Å². The maximum Gasteiger partial charge on any atom is 0.243 e. The second kappa shape index (κ2) is 7.41. The molecule has 0 aliphatic rings. The van der Waals surface area contributed by atoms with Gasteiger partial charge in [0.05, 0.1) is 18.0 Å². The van der Waals surface area contributed by atoms with Crippen LogP contribution in [0.15, 0.2) is 47.5 Å². The third-order valence-corrected chi connectivity index (χ3v) is 4.82. The third kappa shape index (κ3) is 4.53. The lowest BCUT2D eigenvalue weighted by molar-refractivity contribution is -0.117. The molecule has 0 fully saturated rings. The van der Waals surface area contributed by atoms with Crippen LogP contribution in [-0.4, -0.2) is 32.5 Å². The van der Waals surface area contributed by atoms with Crippen LogP contribution in [0.1, 0.15) is 12.5 Å². The largest absolute Gasteiger partial charge is 0.497 e. The number of amides is 1. The molecular weight excluding hydrogens is 330 g/mol. The first-order valence-corrected chi connectivity index (χ1v) is 8.70. The Balaban J connectivity index is 2.06.